The standard InChI is InChI=1S/C68H73N3O/c1-64(2,3)49-30-32-59(54(40-49)44-25-20-17-21-26-44)71-60-28-22-27-53(61(60)70-63(71)55-41-51(66(7,8)9)42-57(62(55)72)68(13,14)15)47-35-48(37-50(36-47)65(4,5)6)58-39-46(33-34-69-58)45-29-31-52(43-23-18-16-19-24-43)56(38-45)67(10,11)12/h16-42,72H,1-15H3. The van der Waals surface area contributed by atoms with Crippen LogP contribution in [0, 0.1) is 0 Å². The summed E-state index contributed by atoms with van der Waals surface area (Å²) in [5, 5.41) is 12.6. The summed E-state index contributed by atoms with van der Waals surface area (Å²) in [6.45, 7) is 33.8. The van der Waals surface area contributed by atoms with Gasteiger partial charge in [-0.3, -0.25) is 9.55 Å². The highest BCUT2D eigenvalue weighted by atomic mass is 16.3. The van der Waals surface area contributed by atoms with Crippen molar-refractivity contribution in [3.05, 3.63) is 192 Å². The van der Waals surface area contributed by atoms with Crippen LogP contribution in [0.5, 0.6) is 5.75 Å². The van der Waals surface area contributed by atoms with Crippen LogP contribution in [-0.4, -0.2) is 19.6 Å². The average Bonchev–Trinajstić information content (AvgIpc) is 3.72. The minimum atomic E-state index is -0.332. The van der Waals surface area contributed by atoms with E-state index in [1.807, 2.05) is 6.20 Å². The van der Waals surface area contributed by atoms with E-state index in [0.717, 1.165) is 72.5 Å². The molecule has 0 aliphatic carbocycles. The first-order valence-electron chi connectivity index (χ1n) is 25.7. The maximum absolute atomic E-state index is 12.6. The number of fused-ring (bicyclic) bond motifs is 1. The van der Waals surface area contributed by atoms with Crippen LogP contribution in [0.4, 0.5) is 0 Å². The Labute approximate surface area is 429 Å². The minimum absolute atomic E-state index is 0.0666. The molecule has 0 unspecified atom stereocenters. The second-order valence-corrected chi connectivity index (χ2v) is 25.1. The molecule has 0 radical (unpaired) electrons. The summed E-state index contributed by atoms with van der Waals surface area (Å²) in [5.41, 5.74) is 19.5. The fraction of sp³-hybridized carbons (Fsp3) is 0.294. The van der Waals surface area contributed by atoms with Crippen molar-refractivity contribution in [2.45, 2.75) is 131 Å². The number of hydrogen-bond acceptors (Lipinski definition) is 3. The molecule has 0 saturated carbocycles. The second kappa shape index (κ2) is 18.2. The van der Waals surface area contributed by atoms with Gasteiger partial charge in [-0.1, -0.05) is 213 Å². The van der Waals surface area contributed by atoms with Crippen molar-refractivity contribution >= 4 is 11.0 Å². The Balaban J connectivity index is 1.30. The molecule has 4 heteroatoms. The first-order valence-corrected chi connectivity index (χ1v) is 25.7. The van der Waals surface area contributed by atoms with Gasteiger partial charge in [0.1, 0.15) is 11.6 Å². The third-order valence-electron chi connectivity index (χ3n) is 14.3. The molecule has 0 saturated heterocycles. The van der Waals surface area contributed by atoms with E-state index >= 15 is 0 Å². The van der Waals surface area contributed by atoms with Crippen molar-refractivity contribution in [3.63, 3.8) is 0 Å². The number of benzene rings is 7. The van der Waals surface area contributed by atoms with Crippen molar-refractivity contribution in [2.75, 3.05) is 0 Å². The van der Waals surface area contributed by atoms with E-state index < -0.39 is 0 Å². The number of imidazole rings is 1. The van der Waals surface area contributed by atoms with E-state index in [9.17, 15) is 5.11 Å². The monoisotopic (exact) mass is 948 g/mol. The molecule has 0 aliphatic heterocycles. The number of para-hydroxylation sites is 1. The lowest BCUT2D eigenvalue weighted by Crippen LogP contribution is -2.17. The number of pyridine rings is 1. The predicted molar refractivity (Wildman–Crippen MR) is 307 cm³/mol. The Bertz CT molecular complexity index is 3470. The van der Waals surface area contributed by atoms with Gasteiger partial charge < -0.3 is 5.11 Å². The SMILES string of the molecule is CC(C)(C)c1cc(-c2cc(-c3ccc(-c4ccccc4)c(C(C)(C)C)c3)ccn2)cc(-c2cccc3c2nc(-c2cc(C(C)(C)C)cc(C(C)(C)C)c2O)n3-c2ccc(C(C)(C)C)cc2-c2ccccc2)c1. The predicted octanol–water partition coefficient (Wildman–Crippen LogP) is 18.6. The van der Waals surface area contributed by atoms with Crippen LogP contribution in [0.1, 0.15) is 132 Å². The summed E-state index contributed by atoms with van der Waals surface area (Å²) in [4.78, 5) is 10.8. The Morgan fingerprint density at radius 2 is 0.944 bits per heavy atom. The zero-order valence-corrected chi connectivity index (χ0v) is 45.4. The Morgan fingerprint density at radius 3 is 1.56 bits per heavy atom. The number of aromatic hydroxyl groups is 1. The van der Waals surface area contributed by atoms with Crippen LogP contribution in [0.3, 0.4) is 0 Å². The van der Waals surface area contributed by atoms with Crippen molar-refractivity contribution in [1.82, 2.24) is 14.5 Å². The van der Waals surface area contributed by atoms with E-state index in [2.05, 4.69) is 266 Å². The number of hydrogen-bond donors (Lipinski definition) is 1. The van der Waals surface area contributed by atoms with Gasteiger partial charge in [0.05, 0.1) is 28.0 Å². The third-order valence-corrected chi connectivity index (χ3v) is 14.3. The van der Waals surface area contributed by atoms with Crippen molar-refractivity contribution in [1.29, 1.82) is 0 Å². The van der Waals surface area contributed by atoms with Gasteiger partial charge in [0.25, 0.3) is 0 Å². The number of nitrogens with zero attached hydrogens (tertiary/aromatic N) is 3. The number of phenolic OH excluding ortho intramolecular Hbond substituents is 1. The van der Waals surface area contributed by atoms with E-state index in [0.29, 0.717) is 11.4 Å². The topological polar surface area (TPSA) is 50.9 Å². The van der Waals surface area contributed by atoms with Gasteiger partial charge in [-0.15, -0.1) is 0 Å². The number of aromatic nitrogens is 3. The molecular weight excluding hydrogens is 875 g/mol. The quantitative estimate of drug-likeness (QED) is 0.173. The summed E-state index contributed by atoms with van der Waals surface area (Å²) >= 11 is 0. The van der Waals surface area contributed by atoms with Crippen LogP contribution in [0.15, 0.2) is 164 Å². The molecule has 9 aromatic rings. The molecule has 1 N–H and O–H groups in total. The van der Waals surface area contributed by atoms with Crippen LogP contribution < -0.4 is 0 Å². The molecule has 0 atom stereocenters. The zero-order valence-electron chi connectivity index (χ0n) is 45.4. The van der Waals surface area contributed by atoms with Gasteiger partial charge in [-0.05, 0) is 131 Å². The summed E-state index contributed by atoms with van der Waals surface area (Å²) < 4.78 is 2.30. The summed E-state index contributed by atoms with van der Waals surface area (Å²) in [5.74, 6) is 0.954. The fourth-order valence-corrected chi connectivity index (χ4v) is 9.96. The van der Waals surface area contributed by atoms with Crippen molar-refractivity contribution < 1.29 is 5.11 Å². The highest BCUT2D eigenvalue weighted by molar-refractivity contribution is 5.98. The number of rotatable bonds is 7. The third kappa shape index (κ3) is 9.81. The molecule has 2 heterocycles. The maximum atomic E-state index is 12.6. The van der Waals surface area contributed by atoms with Crippen molar-refractivity contribution in [2.24, 2.45) is 0 Å². The van der Waals surface area contributed by atoms with Gasteiger partial charge in [0.2, 0.25) is 0 Å². The van der Waals surface area contributed by atoms with Gasteiger partial charge in [0.15, 0.2) is 0 Å². The molecule has 2 aromatic heterocycles. The minimum Gasteiger partial charge on any atom is -0.507 e. The molecule has 0 amide bonds. The largest absolute Gasteiger partial charge is 0.507 e. The molecule has 366 valence electrons. The highest BCUT2D eigenvalue weighted by Crippen LogP contribution is 2.47. The van der Waals surface area contributed by atoms with Crippen LogP contribution in [0.2, 0.25) is 0 Å². The molecule has 4 nitrogen and oxygen atoms in total. The zero-order chi connectivity index (χ0) is 51.7. The summed E-state index contributed by atoms with van der Waals surface area (Å²) in [6, 6.07) is 57.3. The lowest BCUT2D eigenvalue weighted by atomic mass is 9.79. The molecular formula is C68H73N3O. The summed E-state index contributed by atoms with van der Waals surface area (Å²) in [6.07, 6.45) is 1.95. The van der Waals surface area contributed by atoms with E-state index in [-0.39, 0.29) is 32.8 Å². The molecule has 0 fully saturated rings. The smallest absolute Gasteiger partial charge is 0.149 e. The normalized spacial score (nSPS) is 12.7. The maximum Gasteiger partial charge on any atom is 0.149 e. The molecule has 7 aromatic carbocycles. The molecule has 9 rings (SSSR count). The van der Waals surface area contributed by atoms with Gasteiger partial charge in [-0.25, -0.2) is 4.98 Å². The molecule has 0 bridgehead atoms. The molecule has 0 aliphatic rings. The van der Waals surface area contributed by atoms with Crippen LogP contribution >= 0.6 is 0 Å². The van der Waals surface area contributed by atoms with Gasteiger partial charge in [-0.2, -0.15) is 0 Å². The average molecular weight is 948 g/mol. The van der Waals surface area contributed by atoms with E-state index in [1.165, 1.54) is 27.8 Å². The Morgan fingerprint density at radius 1 is 0.375 bits per heavy atom. The Hall–Kier alpha value is -7.04. The van der Waals surface area contributed by atoms with E-state index in [1.54, 1.807) is 0 Å². The van der Waals surface area contributed by atoms with Crippen LogP contribution in [-0.2, 0) is 27.1 Å². The lowest BCUT2D eigenvalue weighted by molar-refractivity contribution is 0.446. The lowest BCUT2D eigenvalue weighted by Gasteiger charge is -2.28. The van der Waals surface area contributed by atoms with E-state index in [4.69, 9.17) is 9.97 Å². The first kappa shape index (κ1) is 49.9. The summed E-state index contributed by atoms with van der Waals surface area (Å²) in [7, 11) is 0. The Kier molecular flexibility index (Phi) is 12.6. The number of phenols is 1. The fourth-order valence-electron chi connectivity index (χ4n) is 9.96. The van der Waals surface area contributed by atoms with Crippen molar-refractivity contribution in [3.8, 4) is 78.6 Å². The van der Waals surface area contributed by atoms with Gasteiger partial charge in [0, 0.05) is 28.5 Å². The second-order valence-electron chi connectivity index (χ2n) is 25.1. The van der Waals surface area contributed by atoms with Crippen LogP contribution in [0.25, 0.3) is 83.9 Å². The first-order chi connectivity index (χ1) is 33.8. The van der Waals surface area contributed by atoms with Gasteiger partial charge >= 0.3 is 0 Å². The highest BCUT2D eigenvalue weighted by Gasteiger charge is 2.30. The molecule has 0 spiro atoms. The molecule has 72 heavy (non-hydrogen) atoms.